The predicted octanol–water partition coefficient (Wildman–Crippen LogP) is 1.76. The highest BCUT2D eigenvalue weighted by Gasteiger charge is 2.17. The SMILES string of the molecule is CC(C)(C)OC(=O)Nc1ccc(O)c(C(O)CO)c1. The van der Waals surface area contributed by atoms with Gasteiger partial charge in [0.2, 0.25) is 0 Å². The number of phenols is 1. The van der Waals surface area contributed by atoms with Gasteiger partial charge in [0.05, 0.1) is 6.61 Å². The van der Waals surface area contributed by atoms with Crippen molar-refractivity contribution in [2.45, 2.75) is 32.5 Å². The second-order valence-electron chi connectivity index (χ2n) is 5.10. The van der Waals surface area contributed by atoms with Crippen LogP contribution in [0.1, 0.15) is 32.4 Å². The number of aliphatic hydroxyl groups is 2. The van der Waals surface area contributed by atoms with Crippen LogP contribution in [-0.4, -0.2) is 33.6 Å². The van der Waals surface area contributed by atoms with E-state index in [4.69, 9.17) is 9.84 Å². The Balaban J connectivity index is 2.83. The van der Waals surface area contributed by atoms with Gasteiger partial charge in [0.25, 0.3) is 0 Å². The summed E-state index contributed by atoms with van der Waals surface area (Å²) < 4.78 is 5.07. The maximum absolute atomic E-state index is 11.6. The van der Waals surface area contributed by atoms with Crippen LogP contribution in [0.25, 0.3) is 0 Å². The minimum Gasteiger partial charge on any atom is -0.508 e. The molecule has 1 aromatic rings. The van der Waals surface area contributed by atoms with Crippen LogP contribution >= 0.6 is 0 Å². The summed E-state index contributed by atoms with van der Waals surface area (Å²) in [6.07, 6.45) is -1.84. The predicted molar refractivity (Wildman–Crippen MR) is 70.0 cm³/mol. The van der Waals surface area contributed by atoms with E-state index in [9.17, 15) is 15.0 Å². The number of amides is 1. The molecule has 1 aromatic carbocycles. The van der Waals surface area contributed by atoms with Crippen LogP contribution in [0.2, 0.25) is 0 Å². The summed E-state index contributed by atoms with van der Waals surface area (Å²) >= 11 is 0. The van der Waals surface area contributed by atoms with Crippen molar-refractivity contribution in [2.75, 3.05) is 11.9 Å². The highest BCUT2D eigenvalue weighted by atomic mass is 16.6. The highest BCUT2D eigenvalue weighted by Crippen LogP contribution is 2.27. The molecule has 0 aliphatic carbocycles. The molecular formula is C13H19NO5. The Bertz CT molecular complexity index is 453. The van der Waals surface area contributed by atoms with E-state index in [1.54, 1.807) is 20.8 Å². The summed E-state index contributed by atoms with van der Waals surface area (Å²) in [6.45, 7) is 4.70. The molecule has 19 heavy (non-hydrogen) atoms. The maximum Gasteiger partial charge on any atom is 0.412 e. The van der Waals surface area contributed by atoms with Crippen LogP contribution in [-0.2, 0) is 4.74 Å². The number of carbonyl (C=O) groups is 1. The highest BCUT2D eigenvalue weighted by molar-refractivity contribution is 5.85. The standard InChI is InChI=1S/C13H19NO5/c1-13(2,3)19-12(18)14-8-4-5-10(16)9(6-8)11(17)7-15/h4-6,11,15-17H,7H2,1-3H3,(H,14,18). The average Bonchev–Trinajstić information content (AvgIpc) is 2.28. The topological polar surface area (TPSA) is 99.0 Å². The van der Waals surface area contributed by atoms with Crippen LogP contribution in [0.4, 0.5) is 10.5 Å². The molecule has 1 rings (SSSR count). The van der Waals surface area contributed by atoms with Crippen LogP contribution in [0, 0.1) is 0 Å². The van der Waals surface area contributed by atoms with Crippen molar-refractivity contribution in [3.63, 3.8) is 0 Å². The van der Waals surface area contributed by atoms with Gasteiger partial charge in [0.15, 0.2) is 0 Å². The number of aliphatic hydroxyl groups excluding tert-OH is 2. The van der Waals surface area contributed by atoms with Crippen molar-refractivity contribution < 1.29 is 24.9 Å². The van der Waals surface area contributed by atoms with E-state index in [1.807, 2.05) is 0 Å². The molecule has 0 bridgehead atoms. The lowest BCUT2D eigenvalue weighted by Crippen LogP contribution is -2.27. The first-order valence-corrected chi connectivity index (χ1v) is 5.85. The second-order valence-corrected chi connectivity index (χ2v) is 5.10. The van der Waals surface area contributed by atoms with Crippen molar-refractivity contribution in [1.29, 1.82) is 0 Å². The number of ether oxygens (including phenoxy) is 1. The molecule has 0 spiro atoms. The van der Waals surface area contributed by atoms with Gasteiger partial charge in [-0.15, -0.1) is 0 Å². The minimum absolute atomic E-state index is 0.135. The monoisotopic (exact) mass is 269 g/mol. The molecule has 6 nitrogen and oxygen atoms in total. The smallest absolute Gasteiger partial charge is 0.412 e. The molecule has 0 heterocycles. The molecule has 1 atom stereocenters. The Labute approximate surface area is 111 Å². The Morgan fingerprint density at radius 2 is 2.05 bits per heavy atom. The van der Waals surface area contributed by atoms with E-state index in [2.05, 4.69) is 5.32 Å². The number of anilines is 1. The van der Waals surface area contributed by atoms with E-state index in [1.165, 1.54) is 18.2 Å². The maximum atomic E-state index is 11.6. The number of benzene rings is 1. The number of hydrogen-bond acceptors (Lipinski definition) is 5. The summed E-state index contributed by atoms with van der Waals surface area (Å²) in [5.41, 5.74) is -0.125. The third kappa shape index (κ3) is 4.76. The fourth-order valence-corrected chi connectivity index (χ4v) is 1.42. The van der Waals surface area contributed by atoms with Gasteiger partial charge < -0.3 is 20.1 Å². The van der Waals surface area contributed by atoms with E-state index < -0.39 is 24.4 Å². The normalized spacial score (nSPS) is 12.9. The van der Waals surface area contributed by atoms with Crippen LogP contribution in [0.5, 0.6) is 5.75 Å². The summed E-state index contributed by atoms with van der Waals surface area (Å²) in [4.78, 5) is 11.6. The van der Waals surface area contributed by atoms with E-state index in [0.29, 0.717) is 5.69 Å². The van der Waals surface area contributed by atoms with Gasteiger partial charge in [0.1, 0.15) is 17.5 Å². The lowest BCUT2D eigenvalue weighted by molar-refractivity contribution is 0.0635. The lowest BCUT2D eigenvalue weighted by atomic mass is 10.1. The third-order valence-electron chi connectivity index (χ3n) is 2.20. The number of rotatable bonds is 3. The molecule has 0 fully saturated rings. The molecule has 0 aliphatic heterocycles. The first-order valence-electron chi connectivity index (χ1n) is 5.85. The fourth-order valence-electron chi connectivity index (χ4n) is 1.42. The summed E-state index contributed by atoms with van der Waals surface area (Å²) in [5.74, 6) is -0.156. The van der Waals surface area contributed by atoms with Crippen molar-refractivity contribution >= 4 is 11.8 Å². The van der Waals surface area contributed by atoms with Crippen LogP contribution in [0.3, 0.4) is 0 Å². The van der Waals surface area contributed by atoms with Gasteiger partial charge in [-0.2, -0.15) is 0 Å². The number of nitrogens with one attached hydrogen (secondary N) is 1. The molecular weight excluding hydrogens is 250 g/mol. The number of carbonyl (C=O) groups excluding carboxylic acids is 1. The quantitative estimate of drug-likeness (QED) is 0.627. The molecule has 1 amide bonds. The Kier molecular flexibility index (Phi) is 4.74. The molecule has 0 saturated carbocycles. The van der Waals surface area contributed by atoms with E-state index >= 15 is 0 Å². The number of hydrogen-bond donors (Lipinski definition) is 4. The molecule has 0 aromatic heterocycles. The zero-order valence-corrected chi connectivity index (χ0v) is 11.2. The van der Waals surface area contributed by atoms with E-state index in [-0.39, 0.29) is 11.3 Å². The van der Waals surface area contributed by atoms with E-state index in [0.717, 1.165) is 0 Å². The van der Waals surface area contributed by atoms with Crippen molar-refractivity contribution in [1.82, 2.24) is 0 Å². The Hall–Kier alpha value is -1.79. The van der Waals surface area contributed by atoms with Crippen LogP contribution in [0.15, 0.2) is 18.2 Å². The molecule has 6 heteroatoms. The first kappa shape index (κ1) is 15.3. The Morgan fingerprint density at radius 1 is 1.42 bits per heavy atom. The second kappa shape index (κ2) is 5.90. The largest absolute Gasteiger partial charge is 0.508 e. The summed E-state index contributed by atoms with van der Waals surface area (Å²) in [5, 5.41) is 30.4. The van der Waals surface area contributed by atoms with Gasteiger partial charge in [-0.25, -0.2) is 4.79 Å². The van der Waals surface area contributed by atoms with Crippen molar-refractivity contribution in [2.24, 2.45) is 0 Å². The lowest BCUT2D eigenvalue weighted by Gasteiger charge is -2.20. The molecule has 0 aliphatic rings. The third-order valence-corrected chi connectivity index (χ3v) is 2.20. The number of aromatic hydroxyl groups is 1. The molecule has 0 saturated heterocycles. The zero-order chi connectivity index (χ0) is 14.6. The van der Waals surface area contributed by atoms with Gasteiger partial charge in [-0.05, 0) is 39.0 Å². The molecule has 106 valence electrons. The summed E-state index contributed by atoms with van der Waals surface area (Å²) in [7, 11) is 0. The molecule has 1 unspecified atom stereocenters. The summed E-state index contributed by atoms with van der Waals surface area (Å²) in [6, 6.07) is 4.16. The first-order chi connectivity index (χ1) is 8.73. The zero-order valence-electron chi connectivity index (χ0n) is 11.2. The van der Waals surface area contributed by atoms with Gasteiger partial charge in [0, 0.05) is 11.3 Å². The van der Waals surface area contributed by atoms with Crippen molar-refractivity contribution in [3.8, 4) is 5.75 Å². The van der Waals surface area contributed by atoms with Gasteiger partial charge >= 0.3 is 6.09 Å². The molecule has 4 N–H and O–H groups in total. The Morgan fingerprint density at radius 3 is 2.58 bits per heavy atom. The van der Waals surface area contributed by atoms with Gasteiger partial charge in [-0.1, -0.05) is 0 Å². The fraction of sp³-hybridized carbons (Fsp3) is 0.462. The average molecular weight is 269 g/mol. The number of phenolic OH excluding ortho intramolecular Hbond substituents is 1. The van der Waals surface area contributed by atoms with Gasteiger partial charge in [-0.3, -0.25) is 5.32 Å². The minimum atomic E-state index is -1.21. The molecule has 0 radical (unpaired) electrons. The van der Waals surface area contributed by atoms with Crippen molar-refractivity contribution in [3.05, 3.63) is 23.8 Å². The van der Waals surface area contributed by atoms with Crippen LogP contribution < -0.4 is 5.32 Å².